The molecule has 0 radical (unpaired) electrons. The smallest absolute Gasteiger partial charge is 0.227 e. The molecule has 1 amide bonds. The van der Waals surface area contributed by atoms with Crippen LogP contribution in [0.4, 0.5) is 4.39 Å². The molecule has 3 nitrogen and oxygen atoms in total. The summed E-state index contributed by atoms with van der Waals surface area (Å²) in [7, 11) is 2.27. The summed E-state index contributed by atoms with van der Waals surface area (Å²) in [5.74, 6) is -0.174. The highest BCUT2D eigenvalue weighted by atomic mass is 31.0. The number of halogens is 1. The summed E-state index contributed by atoms with van der Waals surface area (Å²) in [5.41, 5.74) is 0. The third-order valence-electron chi connectivity index (χ3n) is 1.89. The van der Waals surface area contributed by atoms with Gasteiger partial charge >= 0.3 is 0 Å². The summed E-state index contributed by atoms with van der Waals surface area (Å²) in [6, 6.07) is 1.35. The molecule has 0 saturated carbocycles. The average Bonchev–Trinajstić information content (AvgIpc) is 2.45. The van der Waals surface area contributed by atoms with Gasteiger partial charge in [-0.25, -0.2) is 4.39 Å². The Labute approximate surface area is 72.7 Å². The van der Waals surface area contributed by atoms with Gasteiger partial charge in [0.1, 0.15) is 12.2 Å². The summed E-state index contributed by atoms with van der Waals surface area (Å²) in [4.78, 5) is 12.4. The van der Waals surface area contributed by atoms with E-state index < -0.39 is 12.2 Å². The first-order chi connectivity index (χ1) is 5.69. The van der Waals surface area contributed by atoms with Crippen molar-refractivity contribution in [3.05, 3.63) is 0 Å². The molecule has 0 N–H and O–H groups in total. The fourth-order valence-corrected chi connectivity index (χ4v) is 1.53. The minimum atomic E-state index is -1.03. The third kappa shape index (κ3) is 1.73. The number of hydrogen-bond donors (Lipinski definition) is 0. The molecule has 0 spiro atoms. The highest BCUT2D eigenvalue weighted by molar-refractivity contribution is 7.18. The number of alkyl halides is 1. The van der Waals surface area contributed by atoms with E-state index in [1.165, 1.54) is 4.90 Å². The quantitative estimate of drug-likeness (QED) is 0.556. The Hall–Kier alpha value is -0.680. The van der Waals surface area contributed by atoms with Gasteiger partial charge in [0.2, 0.25) is 5.91 Å². The van der Waals surface area contributed by atoms with Gasteiger partial charge in [-0.05, 0) is 0 Å². The number of nitrogens with zero attached hydrogens (tertiary/aromatic N) is 2. The van der Waals surface area contributed by atoms with Crippen LogP contribution in [0.2, 0.25) is 0 Å². The van der Waals surface area contributed by atoms with Crippen molar-refractivity contribution in [2.24, 2.45) is 0 Å². The van der Waals surface area contributed by atoms with Gasteiger partial charge in [-0.15, -0.1) is 9.24 Å². The van der Waals surface area contributed by atoms with Crippen LogP contribution in [0, 0.1) is 11.3 Å². The molecule has 1 saturated heterocycles. The molecule has 0 aromatic rings. The fourth-order valence-electron chi connectivity index (χ4n) is 1.30. The van der Waals surface area contributed by atoms with E-state index in [4.69, 9.17) is 5.26 Å². The standard InChI is InChI=1S/C7H10FN2OP/c8-5-1-6(2-9)10(3-5)7(11)4-12/h5-6H,1,3-4,12H2. The SMILES string of the molecule is N#CC1CC(F)CN1C(=O)CP. The lowest BCUT2D eigenvalue weighted by molar-refractivity contribution is -0.128. The summed E-state index contributed by atoms with van der Waals surface area (Å²) in [6.45, 7) is 0.0749. The molecule has 66 valence electrons. The predicted octanol–water partition coefficient (Wildman–Crippen LogP) is 0.324. The van der Waals surface area contributed by atoms with E-state index in [9.17, 15) is 9.18 Å². The first kappa shape index (κ1) is 9.41. The Morgan fingerprint density at radius 2 is 2.50 bits per heavy atom. The Balaban J connectivity index is 2.65. The first-order valence-corrected chi connectivity index (χ1v) is 4.54. The number of hydrogen-bond acceptors (Lipinski definition) is 2. The summed E-state index contributed by atoms with van der Waals surface area (Å²) in [5, 5.41) is 8.58. The molecule has 0 aromatic heterocycles. The number of likely N-dealkylation sites (tertiary alicyclic amines) is 1. The van der Waals surface area contributed by atoms with E-state index in [1.54, 1.807) is 0 Å². The molecule has 12 heavy (non-hydrogen) atoms. The van der Waals surface area contributed by atoms with Crippen molar-refractivity contribution in [2.45, 2.75) is 18.6 Å². The van der Waals surface area contributed by atoms with Crippen LogP contribution >= 0.6 is 9.24 Å². The molecular weight excluding hydrogens is 178 g/mol. The van der Waals surface area contributed by atoms with E-state index in [1.807, 2.05) is 6.07 Å². The van der Waals surface area contributed by atoms with Crippen LogP contribution in [0.3, 0.4) is 0 Å². The predicted molar refractivity (Wildman–Crippen MR) is 45.2 cm³/mol. The van der Waals surface area contributed by atoms with E-state index >= 15 is 0 Å². The van der Waals surface area contributed by atoms with Crippen LogP contribution in [0.5, 0.6) is 0 Å². The first-order valence-electron chi connectivity index (χ1n) is 3.72. The maximum absolute atomic E-state index is 12.8. The van der Waals surface area contributed by atoms with E-state index in [0.717, 1.165) is 0 Å². The lowest BCUT2D eigenvalue weighted by Gasteiger charge is -2.17. The second-order valence-electron chi connectivity index (χ2n) is 2.73. The van der Waals surface area contributed by atoms with Crippen molar-refractivity contribution in [1.29, 1.82) is 5.26 Å². The molecule has 0 aromatic carbocycles. The second kappa shape index (κ2) is 3.82. The molecule has 1 aliphatic rings. The monoisotopic (exact) mass is 188 g/mol. The molecule has 1 fully saturated rings. The number of amides is 1. The maximum atomic E-state index is 12.8. The van der Waals surface area contributed by atoms with E-state index in [2.05, 4.69) is 9.24 Å². The van der Waals surface area contributed by atoms with E-state index in [0.29, 0.717) is 0 Å². The van der Waals surface area contributed by atoms with Crippen LogP contribution in [-0.2, 0) is 4.79 Å². The topological polar surface area (TPSA) is 44.1 Å². The highest BCUT2D eigenvalue weighted by Crippen LogP contribution is 2.20. The Kier molecular flexibility index (Phi) is 2.99. The molecule has 0 aliphatic carbocycles. The molecule has 3 unspecified atom stereocenters. The Morgan fingerprint density at radius 3 is 3.00 bits per heavy atom. The molecule has 1 heterocycles. The summed E-state index contributed by atoms with van der Waals surface area (Å²) in [6.07, 6.45) is -0.618. The van der Waals surface area contributed by atoms with Gasteiger partial charge in [-0.3, -0.25) is 4.79 Å². The molecule has 5 heteroatoms. The molecule has 0 bridgehead atoms. The normalized spacial score (nSPS) is 28.6. The van der Waals surface area contributed by atoms with E-state index in [-0.39, 0.29) is 25.0 Å². The lowest BCUT2D eigenvalue weighted by Crippen LogP contribution is -2.35. The van der Waals surface area contributed by atoms with Gasteiger partial charge in [-0.1, -0.05) is 0 Å². The van der Waals surface area contributed by atoms with Crippen molar-refractivity contribution in [3.63, 3.8) is 0 Å². The Morgan fingerprint density at radius 1 is 1.83 bits per heavy atom. The highest BCUT2D eigenvalue weighted by Gasteiger charge is 2.34. The van der Waals surface area contributed by atoms with Gasteiger partial charge in [0.15, 0.2) is 0 Å². The zero-order chi connectivity index (χ0) is 9.14. The van der Waals surface area contributed by atoms with Crippen LogP contribution < -0.4 is 0 Å². The Bertz CT molecular complexity index is 228. The summed E-state index contributed by atoms with van der Waals surface area (Å²) >= 11 is 0. The summed E-state index contributed by atoms with van der Waals surface area (Å²) < 4.78 is 12.8. The van der Waals surface area contributed by atoms with Crippen LogP contribution in [0.1, 0.15) is 6.42 Å². The van der Waals surface area contributed by atoms with Gasteiger partial charge in [0.05, 0.1) is 12.6 Å². The van der Waals surface area contributed by atoms with Crippen molar-refractivity contribution in [2.75, 3.05) is 12.7 Å². The van der Waals surface area contributed by atoms with Gasteiger partial charge in [-0.2, -0.15) is 5.26 Å². The minimum Gasteiger partial charge on any atom is -0.323 e. The molecule has 3 atom stereocenters. The zero-order valence-electron chi connectivity index (χ0n) is 6.53. The average molecular weight is 188 g/mol. The number of carbonyl (C=O) groups excluding carboxylic acids is 1. The van der Waals surface area contributed by atoms with Gasteiger partial charge in [0.25, 0.3) is 0 Å². The van der Waals surface area contributed by atoms with Crippen molar-refractivity contribution < 1.29 is 9.18 Å². The molecular formula is C7H10FN2OP. The maximum Gasteiger partial charge on any atom is 0.227 e. The second-order valence-corrected chi connectivity index (χ2v) is 3.14. The fraction of sp³-hybridized carbons (Fsp3) is 0.714. The van der Waals surface area contributed by atoms with Crippen LogP contribution in [-0.4, -0.2) is 35.7 Å². The van der Waals surface area contributed by atoms with Crippen LogP contribution in [0.15, 0.2) is 0 Å². The van der Waals surface area contributed by atoms with Crippen molar-refractivity contribution in [1.82, 2.24) is 4.90 Å². The van der Waals surface area contributed by atoms with Crippen molar-refractivity contribution >= 4 is 15.1 Å². The third-order valence-corrected chi connectivity index (χ3v) is 2.24. The van der Waals surface area contributed by atoms with Gasteiger partial charge in [0, 0.05) is 12.6 Å². The van der Waals surface area contributed by atoms with Crippen molar-refractivity contribution in [3.8, 4) is 6.07 Å². The number of carbonyl (C=O) groups is 1. The molecule has 1 rings (SSSR count). The number of rotatable bonds is 1. The van der Waals surface area contributed by atoms with Crippen LogP contribution in [0.25, 0.3) is 0 Å². The number of nitriles is 1. The largest absolute Gasteiger partial charge is 0.323 e. The zero-order valence-corrected chi connectivity index (χ0v) is 7.69. The molecule has 1 aliphatic heterocycles. The lowest BCUT2D eigenvalue weighted by atomic mass is 10.2. The van der Waals surface area contributed by atoms with Gasteiger partial charge < -0.3 is 4.90 Å². The minimum absolute atomic E-state index is 0.0749.